The molecule has 3 atom stereocenters. The number of aromatic nitrogens is 3. The van der Waals surface area contributed by atoms with Crippen molar-refractivity contribution in [2.75, 3.05) is 11.1 Å². The van der Waals surface area contributed by atoms with Crippen LogP contribution in [0.15, 0.2) is 36.8 Å². The summed E-state index contributed by atoms with van der Waals surface area (Å²) in [5.41, 5.74) is 8.76. The van der Waals surface area contributed by atoms with Crippen LogP contribution in [0.5, 0.6) is 0 Å². The van der Waals surface area contributed by atoms with E-state index in [2.05, 4.69) is 43.5 Å². The van der Waals surface area contributed by atoms with Crippen LogP contribution in [0.1, 0.15) is 6.42 Å². The first kappa shape index (κ1) is 17.2. The van der Waals surface area contributed by atoms with E-state index in [1.54, 1.807) is 12.3 Å². The highest BCUT2D eigenvalue weighted by Crippen LogP contribution is 2.38. The molecule has 9 heteroatoms. The number of rotatable bonds is 4. The minimum absolute atomic E-state index is 0.156. The van der Waals surface area contributed by atoms with Crippen LogP contribution in [0.25, 0.3) is 21.9 Å². The van der Waals surface area contributed by atoms with Gasteiger partial charge in [0.2, 0.25) is 5.91 Å². The smallest absolute Gasteiger partial charge is 0.230 e. The summed E-state index contributed by atoms with van der Waals surface area (Å²) in [6.45, 7) is 0. The lowest BCUT2D eigenvalue weighted by Gasteiger charge is -2.08. The number of nitrogens with one attached hydrogen (secondary N) is 1. The third kappa shape index (κ3) is 3.24. The van der Waals surface area contributed by atoms with Gasteiger partial charge in [0.15, 0.2) is 0 Å². The third-order valence-electron chi connectivity index (χ3n) is 4.42. The Morgan fingerprint density at radius 3 is 2.92 bits per heavy atom. The number of benzene rings is 1. The number of carbonyl (C=O) groups is 1. The summed E-state index contributed by atoms with van der Waals surface area (Å²) in [6, 6.07) is 7.84. The number of pyridine rings is 1. The van der Waals surface area contributed by atoms with Crippen LogP contribution in [0.2, 0.25) is 0 Å². The van der Waals surface area contributed by atoms with E-state index < -0.39 is 0 Å². The summed E-state index contributed by atoms with van der Waals surface area (Å²) >= 11 is 2.27. The molecule has 1 fully saturated rings. The molecule has 1 aromatic carbocycles. The molecule has 7 nitrogen and oxygen atoms in total. The van der Waals surface area contributed by atoms with Gasteiger partial charge in [-0.2, -0.15) is 10.4 Å². The Morgan fingerprint density at radius 1 is 1.38 bits per heavy atom. The van der Waals surface area contributed by atoms with Gasteiger partial charge in [0.1, 0.15) is 5.82 Å². The van der Waals surface area contributed by atoms with Gasteiger partial charge in [0.05, 0.1) is 30.5 Å². The topological polar surface area (TPSA) is 110 Å². The van der Waals surface area contributed by atoms with Crippen molar-refractivity contribution < 1.29 is 4.79 Å². The summed E-state index contributed by atoms with van der Waals surface area (Å²) in [5, 5.41) is 17.7. The molecule has 3 N–H and O–H groups in total. The molecule has 1 aliphatic carbocycles. The molecular formula is C17H14IN6OP. The lowest BCUT2D eigenvalue weighted by molar-refractivity contribution is -0.117. The highest BCUT2D eigenvalue weighted by atomic mass is 127. The number of nitrogens with zero attached hydrogens (tertiary/aromatic N) is 4. The van der Waals surface area contributed by atoms with Crippen molar-refractivity contribution in [3.05, 3.63) is 36.8 Å². The Balaban J connectivity index is 1.66. The highest BCUT2D eigenvalue weighted by molar-refractivity contribution is 14.2. The van der Waals surface area contributed by atoms with Crippen LogP contribution in [0.4, 0.5) is 11.5 Å². The molecule has 2 heterocycles. The Labute approximate surface area is 164 Å². The second-order valence-corrected chi connectivity index (χ2v) is 8.26. The molecule has 1 unspecified atom stereocenters. The molecule has 1 saturated carbocycles. The van der Waals surface area contributed by atoms with Gasteiger partial charge in [-0.3, -0.25) is 4.79 Å². The van der Waals surface area contributed by atoms with E-state index in [1.807, 2.05) is 29.0 Å². The number of nitriles is 1. The van der Waals surface area contributed by atoms with Crippen molar-refractivity contribution in [3.8, 4) is 17.2 Å². The van der Waals surface area contributed by atoms with Gasteiger partial charge < -0.3 is 11.1 Å². The molecule has 130 valence electrons. The molecule has 1 aliphatic rings. The summed E-state index contributed by atoms with van der Waals surface area (Å²) in [4.78, 5) is 16.4. The van der Waals surface area contributed by atoms with Gasteiger partial charge >= 0.3 is 0 Å². The van der Waals surface area contributed by atoms with Crippen molar-refractivity contribution in [3.63, 3.8) is 0 Å². The zero-order valence-electron chi connectivity index (χ0n) is 13.5. The fourth-order valence-corrected chi connectivity index (χ4v) is 3.97. The van der Waals surface area contributed by atoms with E-state index in [-0.39, 0.29) is 17.7 Å². The first-order chi connectivity index (χ1) is 12.6. The predicted molar refractivity (Wildman–Crippen MR) is 111 cm³/mol. The average Bonchev–Trinajstić information content (AvgIpc) is 3.28. The standard InChI is InChI=1S/C17H14IN6OP/c18-26-24-8-12(6-22-24)9-1-10-4-16(21-7-14(10)15(20)3-9)23-17(25)13-2-11(13)5-19/h1,3-4,6-8,11,13,26H,2,20H2,(H,21,23,25)/t11-,13+/m1/s1. The number of anilines is 2. The number of fused-ring (bicyclic) bond motifs is 1. The quantitative estimate of drug-likeness (QED) is 0.340. The lowest BCUT2D eigenvalue weighted by atomic mass is 10.0. The summed E-state index contributed by atoms with van der Waals surface area (Å²) < 4.78 is 1.87. The van der Waals surface area contributed by atoms with Gasteiger partial charge in [-0.1, -0.05) is 0 Å². The normalized spacial score (nSPS) is 18.9. The first-order valence-corrected chi connectivity index (χ1v) is 12.0. The Hall–Kier alpha value is -2.24. The molecule has 26 heavy (non-hydrogen) atoms. The maximum atomic E-state index is 12.1. The Bertz CT molecular complexity index is 1060. The number of hydrogen-bond donors (Lipinski definition) is 2. The third-order valence-corrected chi connectivity index (χ3v) is 6.32. The van der Waals surface area contributed by atoms with Crippen LogP contribution >= 0.6 is 28.4 Å². The largest absolute Gasteiger partial charge is 0.398 e. The van der Waals surface area contributed by atoms with Crippen LogP contribution in [-0.2, 0) is 4.79 Å². The summed E-state index contributed by atoms with van der Waals surface area (Å²) in [5.74, 6) is -0.0920. The van der Waals surface area contributed by atoms with Crippen LogP contribution < -0.4 is 11.1 Å². The monoisotopic (exact) mass is 476 g/mol. The Kier molecular flexibility index (Phi) is 4.51. The van der Waals surface area contributed by atoms with Crippen molar-refractivity contribution in [2.45, 2.75) is 6.42 Å². The minimum Gasteiger partial charge on any atom is -0.398 e. The molecule has 0 aliphatic heterocycles. The number of hydrogen-bond acceptors (Lipinski definition) is 5. The fraction of sp³-hybridized carbons (Fsp3) is 0.176. The van der Waals surface area contributed by atoms with E-state index in [9.17, 15) is 4.79 Å². The molecule has 0 saturated heterocycles. The van der Waals surface area contributed by atoms with Gasteiger partial charge in [-0.05, 0) is 57.6 Å². The summed E-state index contributed by atoms with van der Waals surface area (Å²) in [6.07, 6.45) is 6.60. The maximum Gasteiger partial charge on any atom is 0.230 e. The molecule has 1 amide bonds. The van der Waals surface area contributed by atoms with E-state index >= 15 is 0 Å². The SMILES string of the molecule is N#C[C@H]1C[C@@H]1C(=O)Nc1cc2cc(-c3cnn(PI)c3)cc(N)c2cn1. The van der Waals surface area contributed by atoms with Gasteiger partial charge in [0, 0.05) is 29.0 Å². The molecule has 4 rings (SSSR count). The van der Waals surface area contributed by atoms with Crippen molar-refractivity contribution in [1.82, 2.24) is 14.5 Å². The maximum absolute atomic E-state index is 12.1. The zero-order valence-corrected chi connectivity index (χ0v) is 16.6. The molecule has 0 radical (unpaired) electrons. The highest BCUT2D eigenvalue weighted by Gasteiger charge is 2.43. The molecule has 0 bridgehead atoms. The number of nitrogen functional groups attached to an aromatic ring is 1. The van der Waals surface area contributed by atoms with E-state index in [4.69, 9.17) is 11.0 Å². The number of amides is 1. The first-order valence-electron chi connectivity index (χ1n) is 7.90. The molecule has 2 aromatic heterocycles. The van der Waals surface area contributed by atoms with Gasteiger partial charge in [0.25, 0.3) is 0 Å². The van der Waals surface area contributed by atoms with Crippen molar-refractivity contribution in [2.24, 2.45) is 11.8 Å². The van der Waals surface area contributed by atoms with Crippen molar-refractivity contribution >= 4 is 56.6 Å². The zero-order chi connectivity index (χ0) is 18.3. The minimum atomic E-state index is -0.228. The van der Waals surface area contributed by atoms with Crippen LogP contribution in [-0.4, -0.2) is 20.4 Å². The number of nitrogens with two attached hydrogens (primary N) is 1. The average molecular weight is 476 g/mol. The van der Waals surface area contributed by atoms with E-state index in [0.29, 0.717) is 24.3 Å². The second kappa shape index (κ2) is 6.82. The van der Waals surface area contributed by atoms with E-state index in [0.717, 1.165) is 21.9 Å². The van der Waals surface area contributed by atoms with Crippen molar-refractivity contribution in [1.29, 1.82) is 5.26 Å². The van der Waals surface area contributed by atoms with Gasteiger partial charge in [-0.15, -0.1) is 0 Å². The van der Waals surface area contributed by atoms with Crippen LogP contribution in [0, 0.1) is 23.2 Å². The predicted octanol–water partition coefficient (Wildman–Crippen LogP) is 3.57. The Morgan fingerprint density at radius 2 is 2.23 bits per heavy atom. The second-order valence-electron chi connectivity index (χ2n) is 6.18. The molecule has 3 aromatic rings. The molecular weight excluding hydrogens is 462 g/mol. The summed E-state index contributed by atoms with van der Waals surface area (Å²) in [7, 11) is 0. The van der Waals surface area contributed by atoms with Gasteiger partial charge in [-0.25, -0.2) is 9.44 Å². The number of halogens is 1. The van der Waals surface area contributed by atoms with Crippen LogP contribution in [0.3, 0.4) is 0 Å². The lowest BCUT2D eigenvalue weighted by Crippen LogP contribution is -2.15. The van der Waals surface area contributed by atoms with E-state index in [1.165, 1.54) is 0 Å². The fourth-order valence-electron chi connectivity index (χ4n) is 2.89. The number of carbonyl (C=O) groups excluding carboxylic acids is 1. The molecule has 0 spiro atoms.